The van der Waals surface area contributed by atoms with Crippen LogP contribution in [0, 0.1) is 24.7 Å². The van der Waals surface area contributed by atoms with E-state index in [4.69, 9.17) is 4.18 Å². The van der Waals surface area contributed by atoms with Crippen LogP contribution in [0.1, 0.15) is 45.6 Å². The van der Waals surface area contributed by atoms with Crippen LogP contribution in [-0.4, -0.2) is 10.3 Å². The molecule has 3 heteroatoms. The van der Waals surface area contributed by atoms with Gasteiger partial charge in [0.2, 0.25) is 0 Å². The number of benzene rings is 1. The zero-order valence-corrected chi connectivity index (χ0v) is 13.8. The van der Waals surface area contributed by atoms with Crippen LogP contribution in [-0.2, 0) is 15.3 Å². The Kier molecular flexibility index (Phi) is 5.39. The van der Waals surface area contributed by atoms with Crippen molar-refractivity contribution in [3.8, 4) is 0 Å². The number of aryl methyl sites for hydroxylation is 1. The maximum atomic E-state index is 12.4. The molecule has 0 heterocycles. The first-order valence-electron chi connectivity index (χ1n) is 7.63. The molecule has 2 nitrogen and oxygen atoms in total. The molecule has 0 radical (unpaired) electrons. The third kappa shape index (κ3) is 3.92. The van der Waals surface area contributed by atoms with Gasteiger partial charge in [-0.25, -0.2) is 4.21 Å². The average Bonchev–Trinajstić information content (AvgIpc) is 2.39. The number of hydrogen-bond donors (Lipinski definition) is 0. The summed E-state index contributed by atoms with van der Waals surface area (Å²) in [5.41, 5.74) is 1.18. The van der Waals surface area contributed by atoms with E-state index in [-0.39, 0.29) is 6.10 Å². The molecule has 0 N–H and O–H groups in total. The normalized spacial score (nSPS) is 28.6. The van der Waals surface area contributed by atoms with E-state index < -0.39 is 11.1 Å². The minimum Gasteiger partial charge on any atom is -0.283 e. The van der Waals surface area contributed by atoms with Crippen LogP contribution in [0.25, 0.3) is 0 Å². The van der Waals surface area contributed by atoms with E-state index in [0.29, 0.717) is 17.8 Å². The summed E-state index contributed by atoms with van der Waals surface area (Å²) in [7, 11) is 0. The van der Waals surface area contributed by atoms with Crippen molar-refractivity contribution in [3.63, 3.8) is 0 Å². The molecule has 1 fully saturated rings. The fraction of sp³-hybridized carbons (Fsp3) is 0.647. The van der Waals surface area contributed by atoms with Crippen molar-refractivity contribution in [1.82, 2.24) is 0 Å². The third-order valence-corrected chi connectivity index (χ3v) is 5.46. The molecule has 0 saturated heterocycles. The van der Waals surface area contributed by atoms with Gasteiger partial charge in [-0.3, -0.25) is 4.18 Å². The SMILES string of the molecule is Cc1ccc([S@@](=O)O[C@H]2C[C@@H](C)CC[C@@H]2C(C)C)cc1. The summed E-state index contributed by atoms with van der Waals surface area (Å²) in [6, 6.07) is 7.78. The van der Waals surface area contributed by atoms with Gasteiger partial charge in [-0.2, -0.15) is 0 Å². The van der Waals surface area contributed by atoms with Crippen molar-refractivity contribution in [1.29, 1.82) is 0 Å². The van der Waals surface area contributed by atoms with E-state index in [1.165, 1.54) is 18.4 Å². The first kappa shape index (κ1) is 15.7. The summed E-state index contributed by atoms with van der Waals surface area (Å²) >= 11 is -1.34. The first-order chi connectivity index (χ1) is 9.47. The molecule has 20 heavy (non-hydrogen) atoms. The van der Waals surface area contributed by atoms with Gasteiger partial charge in [0.15, 0.2) is 11.1 Å². The molecule has 0 spiro atoms. The summed E-state index contributed by atoms with van der Waals surface area (Å²) in [4.78, 5) is 0.774. The van der Waals surface area contributed by atoms with Crippen LogP contribution in [0.15, 0.2) is 29.2 Å². The highest BCUT2D eigenvalue weighted by atomic mass is 32.2. The third-order valence-electron chi connectivity index (χ3n) is 4.39. The molecule has 112 valence electrons. The lowest BCUT2D eigenvalue weighted by Crippen LogP contribution is -2.34. The van der Waals surface area contributed by atoms with E-state index in [2.05, 4.69) is 20.8 Å². The molecule has 1 aromatic carbocycles. The van der Waals surface area contributed by atoms with Crippen molar-refractivity contribution in [2.75, 3.05) is 0 Å². The molecule has 0 unspecified atom stereocenters. The summed E-state index contributed by atoms with van der Waals surface area (Å²) in [6.45, 7) is 8.78. The monoisotopic (exact) mass is 294 g/mol. The smallest absolute Gasteiger partial charge is 0.189 e. The topological polar surface area (TPSA) is 26.3 Å². The van der Waals surface area contributed by atoms with Gasteiger partial charge in [-0.1, -0.05) is 44.9 Å². The van der Waals surface area contributed by atoms with Gasteiger partial charge in [0.05, 0.1) is 11.0 Å². The van der Waals surface area contributed by atoms with Gasteiger partial charge in [-0.15, -0.1) is 0 Å². The number of hydrogen-bond acceptors (Lipinski definition) is 2. The zero-order chi connectivity index (χ0) is 14.7. The van der Waals surface area contributed by atoms with Gasteiger partial charge in [-0.05, 0) is 49.7 Å². The fourth-order valence-corrected chi connectivity index (χ4v) is 3.96. The molecule has 0 amide bonds. The highest BCUT2D eigenvalue weighted by molar-refractivity contribution is 7.80. The predicted molar refractivity (Wildman–Crippen MR) is 83.8 cm³/mol. The highest BCUT2D eigenvalue weighted by Crippen LogP contribution is 2.36. The summed E-state index contributed by atoms with van der Waals surface area (Å²) < 4.78 is 18.3. The highest BCUT2D eigenvalue weighted by Gasteiger charge is 2.33. The van der Waals surface area contributed by atoms with E-state index in [0.717, 1.165) is 11.3 Å². The molecule has 0 bridgehead atoms. The molecule has 4 atom stereocenters. The second-order valence-electron chi connectivity index (χ2n) is 6.51. The molecule has 1 saturated carbocycles. The Bertz CT molecular complexity index is 453. The molecular formula is C17H26O2S. The second-order valence-corrected chi connectivity index (χ2v) is 7.64. The minimum absolute atomic E-state index is 0.126. The van der Waals surface area contributed by atoms with Gasteiger partial charge in [0, 0.05) is 0 Å². The van der Waals surface area contributed by atoms with Gasteiger partial charge in [0.1, 0.15) is 0 Å². The van der Waals surface area contributed by atoms with Crippen LogP contribution < -0.4 is 0 Å². The van der Waals surface area contributed by atoms with Crippen molar-refractivity contribution in [2.24, 2.45) is 17.8 Å². The molecule has 2 rings (SSSR count). The minimum atomic E-state index is -1.34. The predicted octanol–water partition coefficient (Wildman–Crippen LogP) is 4.50. The fourth-order valence-electron chi connectivity index (χ4n) is 3.04. The van der Waals surface area contributed by atoms with Crippen molar-refractivity contribution >= 4 is 11.1 Å². The Morgan fingerprint density at radius 2 is 1.85 bits per heavy atom. The van der Waals surface area contributed by atoms with Gasteiger partial charge in [0.25, 0.3) is 0 Å². The average molecular weight is 294 g/mol. The Morgan fingerprint density at radius 1 is 1.20 bits per heavy atom. The lowest BCUT2D eigenvalue weighted by molar-refractivity contribution is 0.0567. The summed E-state index contributed by atoms with van der Waals surface area (Å²) in [6.07, 6.45) is 3.61. The summed E-state index contributed by atoms with van der Waals surface area (Å²) in [5, 5.41) is 0. The van der Waals surface area contributed by atoms with E-state index in [9.17, 15) is 4.21 Å². The van der Waals surface area contributed by atoms with Crippen LogP contribution in [0.5, 0.6) is 0 Å². The Labute approximate surface area is 125 Å². The first-order valence-corrected chi connectivity index (χ1v) is 8.70. The second kappa shape index (κ2) is 6.86. The quantitative estimate of drug-likeness (QED) is 0.817. The van der Waals surface area contributed by atoms with E-state index >= 15 is 0 Å². The Hall–Kier alpha value is -0.670. The standard InChI is InChI=1S/C17H26O2S/c1-12(2)16-10-7-14(4)11-17(16)19-20(18)15-8-5-13(3)6-9-15/h5-6,8-9,12,14,16-17H,7,10-11H2,1-4H3/t14-,16+,17-,20-/m0/s1. The van der Waals surface area contributed by atoms with Crippen LogP contribution in [0.4, 0.5) is 0 Å². The maximum Gasteiger partial charge on any atom is 0.189 e. The van der Waals surface area contributed by atoms with Crippen LogP contribution in [0.2, 0.25) is 0 Å². The largest absolute Gasteiger partial charge is 0.283 e. The van der Waals surface area contributed by atoms with E-state index in [1.807, 2.05) is 31.2 Å². The maximum absolute atomic E-state index is 12.4. The van der Waals surface area contributed by atoms with Crippen molar-refractivity contribution < 1.29 is 8.39 Å². The van der Waals surface area contributed by atoms with Crippen molar-refractivity contribution in [2.45, 2.75) is 58.0 Å². The molecule has 0 aromatic heterocycles. The Morgan fingerprint density at radius 3 is 2.45 bits per heavy atom. The van der Waals surface area contributed by atoms with Crippen molar-refractivity contribution in [3.05, 3.63) is 29.8 Å². The zero-order valence-electron chi connectivity index (χ0n) is 13.0. The summed E-state index contributed by atoms with van der Waals surface area (Å²) in [5.74, 6) is 1.79. The van der Waals surface area contributed by atoms with Crippen LogP contribution >= 0.6 is 0 Å². The lowest BCUT2D eigenvalue weighted by Gasteiger charge is -2.36. The lowest BCUT2D eigenvalue weighted by atomic mass is 9.75. The van der Waals surface area contributed by atoms with Gasteiger partial charge < -0.3 is 0 Å². The van der Waals surface area contributed by atoms with Gasteiger partial charge >= 0.3 is 0 Å². The molecule has 1 aliphatic rings. The van der Waals surface area contributed by atoms with Crippen LogP contribution in [0.3, 0.4) is 0 Å². The Balaban J connectivity index is 2.05. The molecular weight excluding hydrogens is 268 g/mol. The van der Waals surface area contributed by atoms with E-state index in [1.54, 1.807) is 0 Å². The molecule has 0 aliphatic heterocycles. The number of rotatable bonds is 4. The molecule has 1 aliphatic carbocycles. The molecule has 1 aromatic rings.